The molecule has 1 aromatic heterocycles. The number of hydrogen-bond donors (Lipinski definition) is 2. The zero-order valence-electron chi connectivity index (χ0n) is 14.1. The van der Waals surface area contributed by atoms with Gasteiger partial charge in [0.25, 0.3) is 5.91 Å². The molecule has 0 saturated heterocycles. The minimum atomic E-state index is -0.211. The van der Waals surface area contributed by atoms with E-state index in [-0.39, 0.29) is 12.5 Å². The van der Waals surface area contributed by atoms with Crippen molar-refractivity contribution in [3.63, 3.8) is 0 Å². The number of aromatic amines is 1. The Labute approximate surface area is 161 Å². The monoisotopic (exact) mass is 392 g/mol. The minimum Gasteiger partial charge on any atom is -0.497 e. The van der Waals surface area contributed by atoms with Crippen LogP contribution < -0.4 is 14.8 Å². The van der Waals surface area contributed by atoms with Crippen LogP contribution in [0.25, 0.3) is 10.9 Å². The van der Waals surface area contributed by atoms with E-state index in [0.717, 1.165) is 22.2 Å². The van der Waals surface area contributed by atoms with Crippen LogP contribution in [0.5, 0.6) is 11.5 Å². The molecule has 7 heteroatoms. The largest absolute Gasteiger partial charge is 0.497 e. The van der Waals surface area contributed by atoms with Crippen molar-refractivity contribution in [3.8, 4) is 11.5 Å². The van der Waals surface area contributed by atoms with Gasteiger partial charge in [-0.2, -0.15) is 0 Å². The Morgan fingerprint density at radius 1 is 1.19 bits per heavy atom. The zero-order chi connectivity index (χ0) is 18.5. The Kier molecular flexibility index (Phi) is 5.91. The highest BCUT2D eigenvalue weighted by Gasteiger charge is 2.08. The van der Waals surface area contributed by atoms with Gasteiger partial charge in [0.15, 0.2) is 6.61 Å². The van der Waals surface area contributed by atoms with Crippen LogP contribution >= 0.6 is 23.2 Å². The highest BCUT2D eigenvalue weighted by atomic mass is 35.5. The van der Waals surface area contributed by atoms with Crippen molar-refractivity contribution in [1.82, 2.24) is 10.3 Å². The van der Waals surface area contributed by atoms with Crippen LogP contribution in [-0.4, -0.2) is 31.2 Å². The molecule has 2 aromatic carbocycles. The van der Waals surface area contributed by atoms with E-state index in [2.05, 4.69) is 10.3 Å². The summed E-state index contributed by atoms with van der Waals surface area (Å²) in [7, 11) is 1.64. The van der Waals surface area contributed by atoms with Crippen LogP contribution in [0.4, 0.5) is 0 Å². The van der Waals surface area contributed by atoms with E-state index < -0.39 is 0 Å². The molecular formula is C19H18Cl2N2O3. The third kappa shape index (κ3) is 4.42. The smallest absolute Gasteiger partial charge is 0.257 e. The molecule has 0 saturated carbocycles. The van der Waals surface area contributed by atoms with E-state index in [9.17, 15) is 4.79 Å². The molecule has 0 unspecified atom stereocenters. The number of fused-ring (bicyclic) bond motifs is 1. The number of nitrogens with one attached hydrogen (secondary N) is 2. The van der Waals surface area contributed by atoms with Crippen molar-refractivity contribution < 1.29 is 14.3 Å². The van der Waals surface area contributed by atoms with E-state index in [1.165, 1.54) is 0 Å². The van der Waals surface area contributed by atoms with Gasteiger partial charge in [0.05, 0.1) is 12.1 Å². The number of benzene rings is 2. The lowest BCUT2D eigenvalue weighted by atomic mass is 10.1. The average Bonchev–Trinajstić information content (AvgIpc) is 3.03. The van der Waals surface area contributed by atoms with Crippen LogP contribution in [-0.2, 0) is 11.2 Å². The van der Waals surface area contributed by atoms with Crippen molar-refractivity contribution in [2.24, 2.45) is 0 Å². The molecule has 5 nitrogen and oxygen atoms in total. The van der Waals surface area contributed by atoms with Crippen LogP contribution in [0, 0.1) is 0 Å². The maximum Gasteiger partial charge on any atom is 0.257 e. The van der Waals surface area contributed by atoms with Gasteiger partial charge in [-0.15, -0.1) is 0 Å². The van der Waals surface area contributed by atoms with E-state index in [1.54, 1.807) is 25.3 Å². The number of rotatable bonds is 7. The molecular weight excluding hydrogens is 375 g/mol. The molecule has 0 fully saturated rings. The summed E-state index contributed by atoms with van der Waals surface area (Å²) < 4.78 is 10.6. The second-order valence-electron chi connectivity index (χ2n) is 5.69. The zero-order valence-corrected chi connectivity index (χ0v) is 15.7. The fourth-order valence-electron chi connectivity index (χ4n) is 2.62. The van der Waals surface area contributed by atoms with Crippen LogP contribution in [0.1, 0.15) is 5.56 Å². The second-order valence-corrected chi connectivity index (χ2v) is 6.53. The van der Waals surface area contributed by atoms with Crippen LogP contribution in [0.2, 0.25) is 10.0 Å². The number of amides is 1. The first-order valence-corrected chi connectivity index (χ1v) is 8.81. The molecule has 0 aliphatic rings. The van der Waals surface area contributed by atoms with Crippen molar-refractivity contribution >= 4 is 40.0 Å². The molecule has 1 heterocycles. The van der Waals surface area contributed by atoms with Gasteiger partial charge in [0.1, 0.15) is 11.5 Å². The topological polar surface area (TPSA) is 63.4 Å². The standard InChI is InChI=1S/C19H18Cl2N2O3/c1-25-14-3-4-15-12(10-23-17(15)9-14)6-7-22-19(24)11-26-18-5-2-13(20)8-16(18)21/h2-5,8-10,23H,6-7,11H2,1H3,(H,22,24). The van der Waals surface area contributed by atoms with Gasteiger partial charge in [0, 0.05) is 34.7 Å². The Bertz CT molecular complexity index is 924. The Morgan fingerprint density at radius 3 is 2.81 bits per heavy atom. The lowest BCUT2D eigenvalue weighted by Crippen LogP contribution is -2.30. The number of aromatic nitrogens is 1. The normalized spacial score (nSPS) is 10.7. The predicted molar refractivity (Wildman–Crippen MR) is 104 cm³/mol. The molecule has 3 aromatic rings. The minimum absolute atomic E-state index is 0.105. The number of methoxy groups -OCH3 is 1. The molecule has 0 aliphatic heterocycles. The summed E-state index contributed by atoms with van der Waals surface area (Å²) in [6, 6.07) is 10.7. The Balaban J connectivity index is 1.49. The van der Waals surface area contributed by atoms with Gasteiger partial charge in [0.2, 0.25) is 0 Å². The summed E-state index contributed by atoms with van der Waals surface area (Å²) in [5.41, 5.74) is 2.14. The van der Waals surface area contributed by atoms with Crippen molar-refractivity contribution in [2.75, 3.05) is 20.3 Å². The molecule has 0 atom stereocenters. The summed E-state index contributed by atoms with van der Waals surface area (Å²) >= 11 is 11.8. The molecule has 0 spiro atoms. The Hall–Kier alpha value is -2.37. The highest BCUT2D eigenvalue weighted by Crippen LogP contribution is 2.27. The van der Waals surface area contributed by atoms with E-state index in [0.29, 0.717) is 28.8 Å². The maximum atomic E-state index is 11.9. The number of hydrogen-bond acceptors (Lipinski definition) is 3. The number of H-pyrrole nitrogens is 1. The van der Waals surface area contributed by atoms with Crippen molar-refractivity contribution in [1.29, 1.82) is 0 Å². The first kappa shape index (κ1) is 18.4. The lowest BCUT2D eigenvalue weighted by Gasteiger charge is -2.09. The van der Waals surface area contributed by atoms with Gasteiger partial charge in [-0.05, 0) is 42.3 Å². The average molecular weight is 393 g/mol. The van der Waals surface area contributed by atoms with E-state index in [1.807, 2.05) is 24.4 Å². The maximum absolute atomic E-state index is 11.9. The predicted octanol–water partition coefficient (Wildman–Crippen LogP) is 4.22. The third-order valence-corrected chi connectivity index (χ3v) is 4.47. The molecule has 136 valence electrons. The Morgan fingerprint density at radius 2 is 2.04 bits per heavy atom. The quantitative estimate of drug-likeness (QED) is 0.632. The van der Waals surface area contributed by atoms with Crippen LogP contribution in [0.3, 0.4) is 0 Å². The number of halogens is 2. The molecule has 0 bridgehead atoms. The fraction of sp³-hybridized carbons (Fsp3) is 0.211. The van der Waals surface area contributed by atoms with E-state index >= 15 is 0 Å². The lowest BCUT2D eigenvalue weighted by molar-refractivity contribution is -0.123. The molecule has 26 heavy (non-hydrogen) atoms. The van der Waals surface area contributed by atoms with E-state index in [4.69, 9.17) is 32.7 Å². The van der Waals surface area contributed by atoms with Gasteiger partial charge >= 0.3 is 0 Å². The summed E-state index contributed by atoms with van der Waals surface area (Å²) in [6.45, 7) is 0.405. The molecule has 3 rings (SSSR count). The number of ether oxygens (including phenoxy) is 2. The van der Waals surface area contributed by atoms with Crippen LogP contribution in [0.15, 0.2) is 42.6 Å². The van der Waals surface area contributed by atoms with Crippen molar-refractivity contribution in [3.05, 3.63) is 58.2 Å². The highest BCUT2D eigenvalue weighted by molar-refractivity contribution is 6.35. The third-order valence-electron chi connectivity index (χ3n) is 3.94. The second kappa shape index (κ2) is 8.34. The SMILES string of the molecule is COc1ccc2c(CCNC(=O)COc3ccc(Cl)cc3Cl)c[nH]c2c1. The molecule has 0 aliphatic carbocycles. The molecule has 1 amide bonds. The van der Waals surface area contributed by atoms with Gasteiger partial charge in [-0.1, -0.05) is 23.2 Å². The summed E-state index contributed by atoms with van der Waals surface area (Å²) in [5, 5.41) is 4.84. The van der Waals surface area contributed by atoms with Gasteiger partial charge in [-0.25, -0.2) is 0 Å². The van der Waals surface area contributed by atoms with Crippen molar-refractivity contribution in [2.45, 2.75) is 6.42 Å². The molecule has 0 radical (unpaired) electrons. The van der Waals surface area contributed by atoms with Gasteiger partial charge < -0.3 is 19.8 Å². The summed E-state index contributed by atoms with van der Waals surface area (Å²) in [4.78, 5) is 15.2. The first-order valence-electron chi connectivity index (χ1n) is 8.05. The first-order chi connectivity index (χ1) is 12.6. The molecule has 2 N–H and O–H groups in total. The number of carbonyl (C=O) groups is 1. The summed E-state index contributed by atoms with van der Waals surface area (Å²) in [5.74, 6) is 1.02. The fourth-order valence-corrected chi connectivity index (χ4v) is 3.09. The summed E-state index contributed by atoms with van der Waals surface area (Å²) in [6.07, 6.45) is 2.65. The van der Waals surface area contributed by atoms with Gasteiger partial charge in [-0.3, -0.25) is 4.79 Å². The number of carbonyl (C=O) groups excluding carboxylic acids is 1.